The summed E-state index contributed by atoms with van der Waals surface area (Å²) in [6.45, 7) is 2.09. The third-order valence-corrected chi connectivity index (χ3v) is 5.19. The number of aliphatic imine (C=N–C) groups is 1. The normalized spacial score (nSPS) is 25.3. The highest BCUT2D eigenvalue weighted by Gasteiger charge is 2.56. The number of aliphatic hydroxyl groups excluding tert-OH is 1. The van der Waals surface area contributed by atoms with E-state index in [0.717, 1.165) is 4.91 Å². The summed E-state index contributed by atoms with van der Waals surface area (Å²) < 4.78 is 5.01. The summed E-state index contributed by atoms with van der Waals surface area (Å²) in [6.07, 6.45) is 1.01. The van der Waals surface area contributed by atoms with Gasteiger partial charge in [0, 0.05) is 17.1 Å². The van der Waals surface area contributed by atoms with Gasteiger partial charge in [0.15, 0.2) is 7.98 Å². The van der Waals surface area contributed by atoms with Gasteiger partial charge in [-0.25, -0.2) is 4.79 Å². The third-order valence-electron chi connectivity index (χ3n) is 3.69. The molecule has 2 rings (SSSR count). The Morgan fingerprint density at radius 3 is 3.13 bits per heavy atom. The van der Waals surface area contributed by atoms with Crippen LogP contribution in [-0.4, -0.2) is 60.6 Å². The van der Waals surface area contributed by atoms with Gasteiger partial charge >= 0.3 is 5.97 Å². The van der Waals surface area contributed by atoms with Gasteiger partial charge in [0.2, 0.25) is 5.91 Å². The Balaban J connectivity index is 2.14. The standard InChI is InChI=1S/C12H18BN4O4PS/c1-6(18)9-7-4-8(23-3-2-15-5-14)10(17(7)11(9)19)12(20)21-22-16-13/h5-7,9,16,18,22H,2-4H2,1H3,(H2,14,15)/t6-,7?,9?/m1/s1. The zero-order chi connectivity index (χ0) is 17.0. The molecule has 11 heteroatoms. The number of nitrogens with two attached hydrogens (primary N) is 1. The van der Waals surface area contributed by atoms with Crippen LogP contribution in [0.1, 0.15) is 13.3 Å². The van der Waals surface area contributed by atoms with Gasteiger partial charge in [-0.2, -0.15) is 0 Å². The van der Waals surface area contributed by atoms with Crippen molar-refractivity contribution in [1.82, 2.24) is 9.90 Å². The molecule has 0 saturated carbocycles. The van der Waals surface area contributed by atoms with E-state index >= 15 is 0 Å². The van der Waals surface area contributed by atoms with Gasteiger partial charge in [-0.3, -0.25) is 9.79 Å². The maximum atomic E-state index is 12.2. The zero-order valence-corrected chi connectivity index (χ0v) is 14.4. The highest BCUT2D eigenvalue weighted by Crippen LogP contribution is 2.47. The van der Waals surface area contributed by atoms with E-state index in [1.165, 1.54) is 23.0 Å². The smallest absolute Gasteiger partial charge is 0.359 e. The van der Waals surface area contributed by atoms with Crippen LogP contribution < -0.4 is 10.7 Å². The van der Waals surface area contributed by atoms with Crippen LogP contribution in [0.4, 0.5) is 0 Å². The van der Waals surface area contributed by atoms with Gasteiger partial charge in [0.1, 0.15) is 14.7 Å². The Labute approximate surface area is 141 Å². The van der Waals surface area contributed by atoms with Crippen LogP contribution in [0.2, 0.25) is 0 Å². The van der Waals surface area contributed by atoms with Crippen molar-refractivity contribution in [3.05, 3.63) is 10.6 Å². The molecule has 0 aromatic heterocycles. The number of aliphatic hydroxyl groups is 1. The first-order valence-electron chi connectivity index (χ1n) is 7.01. The van der Waals surface area contributed by atoms with Gasteiger partial charge in [0.25, 0.3) is 0 Å². The van der Waals surface area contributed by atoms with E-state index in [0.29, 0.717) is 18.7 Å². The van der Waals surface area contributed by atoms with Crippen molar-refractivity contribution >= 4 is 46.9 Å². The number of carbonyl (C=O) groups is 2. The second kappa shape index (κ2) is 8.14. The van der Waals surface area contributed by atoms with Crippen molar-refractivity contribution in [1.29, 1.82) is 0 Å². The van der Waals surface area contributed by atoms with Crippen molar-refractivity contribution in [2.24, 2.45) is 16.6 Å². The van der Waals surface area contributed by atoms with Crippen LogP contribution in [0.3, 0.4) is 0 Å². The number of thioether (sulfide) groups is 1. The number of nitrogens with one attached hydrogen (secondary N) is 1. The van der Waals surface area contributed by atoms with Crippen LogP contribution in [0.5, 0.6) is 0 Å². The van der Waals surface area contributed by atoms with Crippen LogP contribution in [-0.2, 0) is 14.1 Å². The van der Waals surface area contributed by atoms with E-state index in [1.807, 2.05) is 0 Å². The first-order chi connectivity index (χ1) is 11.0. The zero-order valence-electron chi connectivity index (χ0n) is 12.6. The lowest BCUT2D eigenvalue weighted by Gasteiger charge is -2.44. The van der Waals surface area contributed by atoms with Crippen LogP contribution in [0.15, 0.2) is 15.6 Å². The molecule has 0 aliphatic carbocycles. The predicted octanol–water partition coefficient (Wildman–Crippen LogP) is -0.745. The lowest BCUT2D eigenvalue weighted by Crippen LogP contribution is -2.61. The fraction of sp³-hybridized carbons (Fsp3) is 0.583. The van der Waals surface area contributed by atoms with E-state index < -0.39 is 26.9 Å². The minimum Gasteiger partial charge on any atom is -0.428 e. The van der Waals surface area contributed by atoms with Crippen molar-refractivity contribution in [2.75, 3.05) is 12.3 Å². The Hall–Kier alpha value is -1.09. The molecule has 1 amide bonds. The summed E-state index contributed by atoms with van der Waals surface area (Å²) in [5, 5.41) is 9.74. The van der Waals surface area contributed by atoms with Crippen LogP contribution in [0.25, 0.3) is 0 Å². The summed E-state index contributed by atoms with van der Waals surface area (Å²) in [7, 11) is 4.72. The first-order valence-corrected chi connectivity index (χ1v) is 8.91. The fourth-order valence-corrected chi connectivity index (χ4v) is 4.07. The Bertz CT molecular complexity index is 545. The van der Waals surface area contributed by atoms with Crippen LogP contribution in [0, 0.1) is 5.92 Å². The number of β-lactam (4-membered cyclic amide) rings is 1. The third kappa shape index (κ3) is 3.71. The van der Waals surface area contributed by atoms with E-state index in [9.17, 15) is 14.7 Å². The summed E-state index contributed by atoms with van der Waals surface area (Å²) in [4.78, 5) is 32.8. The predicted molar refractivity (Wildman–Crippen MR) is 90.7 cm³/mol. The molecule has 1 saturated heterocycles. The molecule has 23 heavy (non-hydrogen) atoms. The average Bonchev–Trinajstić information content (AvgIpc) is 2.83. The summed E-state index contributed by atoms with van der Waals surface area (Å²) in [5.74, 6) is -0.693. The minimum atomic E-state index is -0.750. The Morgan fingerprint density at radius 2 is 2.52 bits per heavy atom. The van der Waals surface area contributed by atoms with Gasteiger partial charge in [0.05, 0.1) is 30.9 Å². The highest BCUT2D eigenvalue weighted by molar-refractivity contribution is 8.03. The molecule has 0 spiro atoms. The molecule has 0 bridgehead atoms. The minimum absolute atomic E-state index is 0.195. The number of rotatable bonds is 8. The van der Waals surface area contributed by atoms with Crippen molar-refractivity contribution in [3.63, 3.8) is 0 Å². The second-order valence-electron chi connectivity index (χ2n) is 5.06. The molecule has 4 N–H and O–H groups in total. The van der Waals surface area contributed by atoms with Crippen molar-refractivity contribution in [2.45, 2.75) is 25.5 Å². The summed E-state index contributed by atoms with van der Waals surface area (Å²) >= 11 is 1.44. The number of carbonyl (C=O) groups excluding carboxylic acids is 2. The number of fused-ring (bicyclic) bond motifs is 1. The van der Waals surface area contributed by atoms with Gasteiger partial charge in [-0.15, -0.1) is 11.8 Å². The number of hydrogen-bond donors (Lipinski definition) is 3. The largest absolute Gasteiger partial charge is 0.428 e. The molecule has 0 aromatic rings. The monoisotopic (exact) mass is 356 g/mol. The number of hydrogen-bond acceptors (Lipinski definition) is 7. The fourth-order valence-electron chi connectivity index (χ4n) is 2.77. The lowest BCUT2D eigenvalue weighted by atomic mass is 9.83. The van der Waals surface area contributed by atoms with Gasteiger partial charge in [-0.1, -0.05) is 0 Å². The number of amides is 1. The molecule has 2 aliphatic rings. The first kappa shape index (κ1) is 18.3. The quantitative estimate of drug-likeness (QED) is 0.131. The molecule has 2 heterocycles. The molecule has 8 nitrogen and oxygen atoms in total. The molecule has 4 atom stereocenters. The van der Waals surface area contributed by atoms with E-state index in [1.54, 1.807) is 6.92 Å². The maximum absolute atomic E-state index is 12.2. The van der Waals surface area contributed by atoms with Gasteiger partial charge in [-0.05, 0) is 6.92 Å². The highest BCUT2D eigenvalue weighted by atomic mass is 32.2. The molecule has 124 valence electrons. The van der Waals surface area contributed by atoms with E-state index in [2.05, 4.69) is 9.99 Å². The number of nitrogens with zero attached hydrogens (tertiary/aromatic N) is 2. The average molecular weight is 356 g/mol. The topological polar surface area (TPSA) is 117 Å². The van der Waals surface area contributed by atoms with Crippen molar-refractivity contribution in [3.8, 4) is 0 Å². The van der Waals surface area contributed by atoms with Crippen LogP contribution >= 0.6 is 20.7 Å². The molecular weight excluding hydrogens is 338 g/mol. The SMILES string of the molecule is [B]NPOC(=O)C1=C(SCCN=CN)CC2C([C@@H](C)O)C(=O)N12. The molecular formula is C12H18BN4O4PS. The van der Waals surface area contributed by atoms with E-state index in [-0.39, 0.29) is 17.6 Å². The van der Waals surface area contributed by atoms with Crippen molar-refractivity contribution < 1.29 is 19.2 Å². The van der Waals surface area contributed by atoms with Gasteiger partial charge < -0.3 is 25.3 Å². The summed E-state index contributed by atoms with van der Waals surface area (Å²) in [5.41, 5.74) is 5.44. The second-order valence-corrected chi connectivity index (χ2v) is 6.94. The maximum Gasteiger partial charge on any atom is 0.359 e. The lowest BCUT2D eigenvalue weighted by molar-refractivity contribution is -0.160. The summed E-state index contributed by atoms with van der Waals surface area (Å²) in [6, 6.07) is -0.195. The molecule has 3 unspecified atom stereocenters. The Morgan fingerprint density at radius 1 is 1.78 bits per heavy atom. The molecule has 2 radical (unpaired) electrons. The molecule has 2 aliphatic heterocycles. The molecule has 0 aromatic carbocycles. The molecule has 1 fully saturated rings. The van der Waals surface area contributed by atoms with E-state index in [4.69, 9.17) is 18.2 Å². The Kier molecular flexibility index (Phi) is 6.46.